The summed E-state index contributed by atoms with van der Waals surface area (Å²) in [5.74, 6) is 0.752. The fraction of sp³-hybridized carbons (Fsp3) is 0.333. The highest BCUT2D eigenvalue weighted by Gasteiger charge is 2.23. The quantitative estimate of drug-likeness (QED) is 0.790. The van der Waals surface area contributed by atoms with Crippen molar-refractivity contribution in [3.8, 4) is 5.75 Å². The molecule has 4 heteroatoms. The van der Waals surface area contributed by atoms with Crippen molar-refractivity contribution in [3.05, 3.63) is 46.8 Å². The Kier molecular flexibility index (Phi) is 2.85. The maximum Gasteiger partial charge on any atom is 0.200 e. The Morgan fingerprint density at radius 3 is 3.05 bits per heavy atom. The molecule has 1 aromatic heterocycles. The number of hydrogen-bond donors (Lipinski definition) is 0. The van der Waals surface area contributed by atoms with Crippen molar-refractivity contribution in [2.24, 2.45) is 7.05 Å². The van der Waals surface area contributed by atoms with Gasteiger partial charge < -0.3 is 4.74 Å². The first-order chi connectivity index (χ1) is 9.20. The second-order valence-corrected chi connectivity index (χ2v) is 4.74. The van der Waals surface area contributed by atoms with Crippen LogP contribution in [0.15, 0.2) is 24.4 Å². The molecule has 0 spiro atoms. The van der Waals surface area contributed by atoms with Crippen molar-refractivity contribution in [1.29, 1.82) is 0 Å². The Bertz CT molecular complexity index is 644. The molecule has 2 heterocycles. The Hall–Kier alpha value is -2.10. The van der Waals surface area contributed by atoms with E-state index < -0.39 is 0 Å². The molecule has 0 fully saturated rings. The number of ketones is 1. The van der Waals surface area contributed by atoms with E-state index in [1.54, 1.807) is 10.9 Å². The molecule has 0 amide bonds. The summed E-state index contributed by atoms with van der Waals surface area (Å²) >= 11 is 0. The first-order valence-electron chi connectivity index (χ1n) is 6.52. The average molecular weight is 256 g/mol. The first kappa shape index (κ1) is 12.0. The van der Waals surface area contributed by atoms with E-state index >= 15 is 0 Å². The zero-order valence-corrected chi connectivity index (χ0v) is 11.1. The Morgan fingerprint density at radius 2 is 2.26 bits per heavy atom. The number of rotatable bonds is 3. The van der Waals surface area contributed by atoms with E-state index in [4.69, 9.17) is 4.74 Å². The van der Waals surface area contributed by atoms with Crippen LogP contribution in [0, 0.1) is 0 Å². The molecule has 0 N–H and O–H groups in total. The lowest BCUT2D eigenvalue weighted by atomic mass is 9.99. The average Bonchev–Trinajstić information content (AvgIpc) is 3.03. The normalized spacial score (nSPS) is 13.2. The number of aromatic nitrogens is 2. The number of nitrogens with zero attached hydrogens (tertiary/aromatic N) is 2. The molecule has 1 aliphatic rings. The molecule has 0 radical (unpaired) electrons. The van der Waals surface area contributed by atoms with Gasteiger partial charge in [0.1, 0.15) is 5.75 Å². The summed E-state index contributed by atoms with van der Waals surface area (Å²) in [6.07, 6.45) is 3.41. The van der Waals surface area contributed by atoms with Crippen molar-refractivity contribution in [2.45, 2.75) is 19.8 Å². The van der Waals surface area contributed by atoms with Gasteiger partial charge in [-0.1, -0.05) is 19.1 Å². The molecule has 1 aliphatic heterocycles. The molecule has 98 valence electrons. The number of hydrogen-bond acceptors (Lipinski definition) is 3. The van der Waals surface area contributed by atoms with Crippen LogP contribution in [0.2, 0.25) is 0 Å². The zero-order valence-electron chi connectivity index (χ0n) is 11.1. The standard InChI is InChI=1S/C15H16N2O2/c1-3-13-12(9-17(2)16-13)14(18)11-6-4-5-10-7-8-19-15(10)11/h4-6,9H,3,7-8H2,1-2H3. The number of aryl methyl sites for hydroxylation is 2. The van der Waals surface area contributed by atoms with Gasteiger partial charge in [-0.2, -0.15) is 5.10 Å². The molecular weight excluding hydrogens is 240 g/mol. The van der Waals surface area contributed by atoms with Crippen molar-refractivity contribution < 1.29 is 9.53 Å². The van der Waals surface area contributed by atoms with Crippen LogP contribution in [0.5, 0.6) is 5.75 Å². The van der Waals surface area contributed by atoms with Crippen LogP contribution < -0.4 is 4.74 Å². The van der Waals surface area contributed by atoms with Crippen molar-refractivity contribution in [2.75, 3.05) is 6.61 Å². The van der Waals surface area contributed by atoms with Gasteiger partial charge in [0.2, 0.25) is 0 Å². The van der Waals surface area contributed by atoms with E-state index in [9.17, 15) is 4.79 Å². The topological polar surface area (TPSA) is 44.1 Å². The molecule has 0 unspecified atom stereocenters. The van der Waals surface area contributed by atoms with Crippen molar-refractivity contribution in [3.63, 3.8) is 0 Å². The lowest BCUT2D eigenvalue weighted by molar-refractivity contribution is 0.103. The van der Waals surface area contributed by atoms with Gasteiger partial charge in [-0.15, -0.1) is 0 Å². The van der Waals surface area contributed by atoms with Crippen LogP contribution >= 0.6 is 0 Å². The number of benzene rings is 1. The molecule has 0 saturated heterocycles. The van der Waals surface area contributed by atoms with E-state index in [2.05, 4.69) is 5.10 Å². The zero-order chi connectivity index (χ0) is 13.4. The van der Waals surface area contributed by atoms with Crippen LogP contribution in [0.3, 0.4) is 0 Å². The fourth-order valence-electron chi connectivity index (χ4n) is 2.52. The summed E-state index contributed by atoms with van der Waals surface area (Å²) < 4.78 is 7.30. The highest BCUT2D eigenvalue weighted by Crippen LogP contribution is 2.31. The van der Waals surface area contributed by atoms with Crippen LogP contribution in [0.25, 0.3) is 0 Å². The van der Waals surface area contributed by atoms with Crippen LogP contribution in [-0.4, -0.2) is 22.2 Å². The van der Waals surface area contributed by atoms with Gasteiger partial charge in [-0.05, 0) is 18.1 Å². The first-order valence-corrected chi connectivity index (χ1v) is 6.52. The van der Waals surface area contributed by atoms with Gasteiger partial charge >= 0.3 is 0 Å². The van der Waals surface area contributed by atoms with E-state index in [0.29, 0.717) is 17.7 Å². The minimum Gasteiger partial charge on any atom is -0.492 e. The summed E-state index contributed by atoms with van der Waals surface area (Å²) in [5.41, 5.74) is 3.28. The third-order valence-corrected chi connectivity index (χ3v) is 3.44. The largest absolute Gasteiger partial charge is 0.492 e. The van der Waals surface area contributed by atoms with E-state index in [0.717, 1.165) is 29.8 Å². The van der Waals surface area contributed by atoms with E-state index in [1.807, 2.05) is 32.2 Å². The second kappa shape index (κ2) is 4.53. The molecule has 19 heavy (non-hydrogen) atoms. The number of ether oxygens (including phenoxy) is 1. The Balaban J connectivity index is 2.07. The minimum absolute atomic E-state index is 0.00343. The smallest absolute Gasteiger partial charge is 0.200 e. The number of fused-ring (bicyclic) bond motifs is 1. The Morgan fingerprint density at radius 1 is 1.42 bits per heavy atom. The SMILES string of the molecule is CCc1nn(C)cc1C(=O)c1cccc2c1OCC2. The molecular formula is C15H16N2O2. The van der Waals surface area contributed by atoms with Crippen LogP contribution in [0.4, 0.5) is 0 Å². The van der Waals surface area contributed by atoms with E-state index in [-0.39, 0.29) is 5.78 Å². The second-order valence-electron chi connectivity index (χ2n) is 4.74. The van der Waals surface area contributed by atoms with Gasteiger partial charge in [0.05, 0.1) is 23.4 Å². The molecule has 3 rings (SSSR count). The third-order valence-electron chi connectivity index (χ3n) is 3.44. The molecule has 0 saturated carbocycles. The fourth-order valence-corrected chi connectivity index (χ4v) is 2.52. The van der Waals surface area contributed by atoms with Crippen molar-refractivity contribution in [1.82, 2.24) is 9.78 Å². The summed E-state index contributed by atoms with van der Waals surface area (Å²) in [6, 6.07) is 5.77. The summed E-state index contributed by atoms with van der Waals surface area (Å²) in [6.45, 7) is 2.67. The maximum absolute atomic E-state index is 12.7. The van der Waals surface area contributed by atoms with Gasteiger partial charge in [-0.3, -0.25) is 9.48 Å². The number of carbonyl (C=O) groups excluding carboxylic acids is 1. The monoisotopic (exact) mass is 256 g/mol. The Labute approximate surface area is 112 Å². The predicted molar refractivity (Wildman–Crippen MR) is 71.7 cm³/mol. The molecule has 1 aromatic carbocycles. The van der Waals surface area contributed by atoms with Crippen LogP contribution in [0.1, 0.15) is 34.1 Å². The number of carbonyl (C=O) groups is 1. The lowest BCUT2D eigenvalue weighted by Crippen LogP contribution is -2.05. The van der Waals surface area contributed by atoms with Gasteiger partial charge in [0.15, 0.2) is 5.78 Å². The van der Waals surface area contributed by atoms with Gasteiger partial charge in [0.25, 0.3) is 0 Å². The summed E-state index contributed by atoms with van der Waals surface area (Å²) in [5, 5.41) is 4.32. The maximum atomic E-state index is 12.7. The predicted octanol–water partition coefficient (Wildman–Crippen LogP) is 2.15. The lowest BCUT2D eigenvalue weighted by Gasteiger charge is -2.06. The third kappa shape index (κ3) is 1.93. The minimum atomic E-state index is 0.00343. The molecule has 0 aliphatic carbocycles. The molecule has 2 aromatic rings. The van der Waals surface area contributed by atoms with Crippen LogP contribution in [-0.2, 0) is 19.9 Å². The summed E-state index contributed by atoms with van der Waals surface area (Å²) in [4.78, 5) is 12.7. The van der Waals surface area contributed by atoms with Gasteiger partial charge in [0, 0.05) is 19.7 Å². The number of para-hydroxylation sites is 1. The van der Waals surface area contributed by atoms with Gasteiger partial charge in [-0.25, -0.2) is 0 Å². The summed E-state index contributed by atoms with van der Waals surface area (Å²) in [7, 11) is 1.84. The molecule has 0 bridgehead atoms. The van der Waals surface area contributed by atoms with E-state index in [1.165, 1.54) is 0 Å². The highest BCUT2D eigenvalue weighted by molar-refractivity contribution is 6.11. The molecule has 4 nitrogen and oxygen atoms in total. The van der Waals surface area contributed by atoms with Crippen molar-refractivity contribution >= 4 is 5.78 Å². The highest BCUT2D eigenvalue weighted by atomic mass is 16.5. The molecule has 0 atom stereocenters.